The van der Waals surface area contributed by atoms with Gasteiger partial charge in [-0.05, 0) is 48.0 Å². The third kappa shape index (κ3) is 4.52. The molecule has 34 heavy (non-hydrogen) atoms. The first-order valence-corrected chi connectivity index (χ1v) is 11.6. The van der Waals surface area contributed by atoms with Crippen LogP contribution in [0.5, 0.6) is 0 Å². The minimum atomic E-state index is -0.269. The van der Waals surface area contributed by atoms with Crippen LogP contribution in [0.15, 0.2) is 101 Å². The Morgan fingerprint density at radius 2 is 1.71 bits per heavy atom. The van der Waals surface area contributed by atoms with E-state index in [1.54, 1.807) is 59.0 Å². The van der Waals surface area contributed by atoms with Crippen molar-refractivity contribution in [3.8, 4) is 0 Å². The van der Waals surface area contributed by atoms with E-state index in [4.69, 9.17) is 11.6 Å². The molecule has 1 aliphatic rings. The van der Waals surface area contributed by atoms with Crippen LogP contribution in [-0.2, 0) is 4.79 Å². The monoisotopic (exact) mass is 484 g/mol. The van der Waals surface area contributed by atoms with Crippen LogP contribution in [0.1, 0.15) is 21.5 Å². The number of nitrogens with zero attached hydrogens (tertiary/aromatic N) is 3. The highest BCUT2D eigenvalue weighted by atomic mass is 35.5. The number of aromatic nitrogens is 1. The molecule has 6 nitrogen and oxygen atoms in total. The van der Waals surface area contributed by atoms with Gasteiger partial charge in [0.05, 0.1) is 5.69 Å². The van der Waals surface area contributed by atoms with Crippen LogP contribution >= 0.6 is 22.9 Å². The molecule has 1 aromatic heterocycles. The minimum absolute atomic E-state index is 0.256. The number of amides is 2. The van der Waals surface area contributed by atoms with Crippen molar-refractivity contribution in [2.24, 2.45) is 4.99 Å². The lowest BCUT2D eigenvalue weighted by Gasteiger charge is -2.19. The first-order chi connectivity index (χ1) is 16.6. The second-order valence-electron chi connectivity index (χ2n) is 7.36. The number of benzene rings is 3. The third-order valence-electron chi connectivity index (χ3n) is 5.11. The van der Waals surface area contributed by atoms with Crippen molar-refractivity contribution < 1.29 is 9.59 Å². The normalized spacial score (nSPS) is 14.4. The van der Waals surface area contributed by atoms with E-state index in [2.05, 4.69) is 15.3 Å². The summed E-state index contributed by atoms with van der Waals surface area (Å²) in [4.78, 5) is 36.2. The van der Waals surface area contributed by atoms with Crippen molar-refractivity contribution in [1.29, 1.82) is 0 Å². The van der Waals surface area contributed by atoms with Gasteiger partial charge in [-0.1, -0.05) is 54.1 Å². The SMILES string of the molecule is O=C(Nc1nccs1)c1ccc(N2C(=O)C(=Cc3ccc(Cl)cc3)N=C2c2ccccc2)cc1. The van der Waals surface area contributed by atoms with Crippen LogP contribution in [0.25, 0.3) is 6.08 Å². The Hall–Kier alpha value is -4.07. The molecular formula is C26H17ClN4O2S. The molecule has 0 bridgehead atoms. The highest BCUT2D eigenvalue weighted by molar-refractivity contribution is 7.13. The van der Waals surface area contributed by atoms with Gasteiger partial charge in [0.2, 0.25) is 0 Å². The Balaban J connectivity index is 1.47. The Bertz CT molecular complexity index is 1400. The average Bonchev–Trinajstić information content (AvgIpc) is 3.49. The van der Waals surface area contributed by atoms with Crippen molar-refractivity contribution in [1.82, 2.24) is 4.98 Å². The number of halogens is 1. The van der Waals surface area contributed by atoms with Gasteiger partial charge in [0.25, 0.3) is 11.8 Å². The van der Waals surface area contributed by atoms with Crippen LogP contribution in [0.4, 0.5) is 10.8 Å². The molecule has 0 saturated heterocycles. The van der Waals surface area contributed by atoms with E-state index in [1.165, 1.54) is 11.3 Å². The molecule has 4 aromatic rings. The molecule has 2 heterocycles. The van der Waals surface area contributed by atoms with E-state index in [0.717, 1.165) is 11.1 Å². The Morgan fingerprint density at radius 3 is 2.38 bits per heavy atom. The predicted molar refractivity (Wildman–Crippen MR) is 136 cm³/mol. The number of carbonyl (C=O) groups excluding carboxylic acids is 2. The molecule has 1 aliphatic heterocycles. The number of carbonyl (C=O) groups is 2. The van der Waals surface area contributed by atoms with E-state index >= 15 is 0 Å². The molecule has 0 aliphatic carbocycles. The average molecular weight is 485 g/mol. The summed E-state index contributed by atoms with van der Waals surface area (Å²) in [6.45, 7) is 0. The zero-order chi connectivity index (χ0) is 23.5. The molecule has 5 rings (SSSR count). The van der Waals surface area contributed by atoms with Crippen molar-refractivity contribution in [2.75, 3.05) is 10.2 Å². The fraction of sp³-hybridized carbons (Fsp3) is 0. The van der Waals surface area contributed by atoms with E-state index in [1.807, 2.05) is 42.5 Å². The molecule has 2 amide bonds. The lowest BCUT2D eigenvalue weighted by atomic mass is 10.1. The minimum Gasteiger partial charge on any atom is -0.298 e. The summed E-state index contributed by atoms with van der Waals surface area (Å²) in [6, 6.07) is 23.5. The van der Waals surface area contributed by atoms with Gasteiger partial charge < -0.3 is 0 Å². The van der Waals surface area contributed by atoms with Crippen molar-refractivity contribution in [3.05, 3.63) is 118 Å². The second-order valence-corrected chi connectivity index (χ2v) is 8.69. The van der Waals surface area contributed by atoms with Gasteiger partial charge >= 0.3 is 0 Å². The molecule has 1 N–H and O–H groups in total. The number of aliphatic imine (C=N–C) groups is 1. The molecular weight excluding hydrogens is 468 g/mol. The maximum atomic E-state index is 13.4. The Morgan fingerprint density at radius 1 is 0.971 bits per heavy atom. The van der Waals surface area contributed by atoms with Crippen LogP contribution in [-0.4, -0.2) is 22.6 Å². The molecule has 0 spiro atoms. The number of anilines is 2. The maximum absolute atomic E-state index is 13.4. The highest BCUT2D eigenvalue weighted by Gasteiger charge is 2.32. The first-order valence-electron chi connectivity index (χ1n) is 10.4. The van der Waals surface area contributed by atoms with Crippen LogP contribution in [0.2, 0.25) is 5.02 Å². The van der Waals surface area contributed by atoms with E-state index in [-0.39, 0.29) is 11.8 Å². The van der Waals surface area contributed by atoms with Crippen LogP contribution in [0, 0.1) is 0 Å². The lowest BCUT2D eigenvalue weighted by molar-refractivity contribution is -0.113. The Labute approximate surface area is 204 Å². The lowest BCUT2D eigenvalue weighted by Crippen LogP contribution is -2.32. The quantitative estimate of drug-likeness (QED) is 0.359. The highest BCUT2D eigenvalue weighted by Crippen LogP contribution is 2.28. The van der Waals surface area contributed by atoms with E-state index in [9.17, 15) is 9.59 Å². The topological polar surface area (TPSA) is 74.7 Å². The fourth-order valence-corrected chi connectivity index (χ4v) is 4.12. The van der Waals surface area contributed by atoms with Gasteiger partial charge in [0.1, 0.15) is 11.5 Å². The van der Waals surface area contributed by atoms with Crippen molar-refractivity contribution in [2.45, 2.75) is 0 Å². The van der Waals surface area contributed by atoms with Gasteiger partial charge in [0, 0.05) is 27.7 Å². The molecule has 0 atom stereocenters. The summed E-state index contributed by atoms with van der Waals surface area (Å²) in [6.07, 6.45) is 3.36. The van der Waals surface area contributed by atoms with E-state index in [0.29, 0.717) is 32.9 Å². The van der Waals surface area contributed by atoms with Gasteiger partial charge in [0.15, 0.2) is 5.13 Å². The molecule has 0 unspecified atom stereocenters. The van der Waals surface area contributed by atoms with Gasteiger partial charge in [-0.3, -0.25) is 19.8 Å². The smallest absolute Gasteiger partial charge is 0.282 e. The van der Waals surface area contributed by atoms with Gasteiger partial charge in [-0.15, -0.1) is 11.3 Å². The molecule has 8 heteroatoms. The molecule has 3 aromatic carbocycles. The largest absolute Gasteiger partial charge is 0.298 e. The number of nitrogens with one attached hydrogen (secondary N) is 1. The predicted octanol–water partition coefficient (Wildman–Crippen LogP) is 5.88. The molecule has 0 radical (unpaired) electrons. The van der Waals surface area contributed by atoms with Gasteiger partial charge in [-0.2, -0.15) is 0 Å². The summed E-state index contributed by atoms with van der Waals surface area (Å²) in [5.74, 6) is -0.00545. The number of hydrogen-bond acceptors (Lipinski definition) is 5. The van der Waals surface area contributed by atoms with Gasteiger partial charge in [-0.25, -0.2) is 9.98 Å². The summed E-state index contributed by atoms with van der Waals surface area (Å²) in [5.41, 5.74) is 3.01. The van der Waals surface area contributed by atoms with Crippen molar-refractivity contribution >= 4 is 57.5 Å². The summed E-state index contributed by atoms with van der Waals surface area (Å²) >= 11 is 7.33. The fourth-order valence-electron chi connectivity index (χ4n) is 3.47. The number of amidine groups is 1. The molecule has 0 saturated carbocycles. The zero-order valence-electron chi connectivity index (χ0n) is 17.7. The number of thiazole rings is 1. The molecule has 0 fully saturated rings. The second kappa shape index (κ2) is 9.43. The Kier molecular flexibility index (Phi) is 6.03. The standard InChI is InChI=1S/C26H17ClN4O2S/c27-20-10-6-17(7-11-20)16-22-25(33)31(23(29-22)18-4-2-1-3-5-18)21-12-8-19(9-13-21)24(32)30-26-28-14-15-34-26/h1-16H,(H,28,30,32). The van der Waals surface area contributed by atoms with Crippen molar-refractivity contribution in [3.63, 3.8) is 0 Å². The maximum Gasteiger partial charge on any atom is 0.282 e. The summed E-state index contributed by atoms with van der Waals surface area (Å²) in [7, 11) is 0. The third-order valence-corrected chi connectivity index (χ3v) is 6.05. The number of rotatable bonds is 5. The van der Waals surface area contributed by atoms with Crippen LogP contribution < -0.4 is 10.2 Å². The summed E-state index contributed by atoms with van der Waals surface area (Å²) < 4.78 is 0. The van der Waals surface area contributed by atoms with Crippen LogP contribution in [0.3, 0.4) is 0 Å². The summed E-state index contributed by atoms with van der Waals surface area (Å²) in [5, 5.41) is 5.69. The molecule has 166 valence electrons. The zero-order valence-corrected chi connectivity index (χ0v) is 19.3. The number of hydrogen-bond donors (Lipinski definition) is 1. The van der Waals surface area contributed by atoms with E-state index < -0.39 is 0 Å². The first kappa shape index (κ1) is 21.8.